The summed E-state index contributed by atoms with van der Waals surface area (Å²) in [5.74, 6) is 1.05. The Bertz CT molecular complexity index is 505. The van der Waals surface area contributed by atoms with E-state index in [-0.39, 0.29) is 11.3 Å². The zero-order chi connectivity index (χ0) is 15.1. The van der Waals surface area contributed by atoms with Crippen molar-refractivity contribution in [2.75, 3.05) is 0 Å². The van der Waals surface area contributed by atoms with Gasteiger partial charge in [-0.3, -0.25) is 9.48 Å². The second-order valence-corrected chi connectivity index (χ2v) is 7.86. The van der Waals surface area contributed by atoms with Crippen LogP contribution in [0.2, 0.25) is 0 Å². The zero-order valence-electron chi connectivity index (χ0n) is 13.1. The number of halogens is 1. The Morgan fingerprint density at radius 3 is 2.60 bits per heavy atom. The molecule has 0 aromatic carbocycles. The van der Waals surface area contributed by atoms with Crippen molar-refractivity contribution in [3.05, 3.63) is 16.4 Å². The molecule has 0 radical (unpaired) electrons. The summed E-state index contributed by atoms with van der Waals surface area (Å²) in [7, 11) is 0. The third-order valence-corrected chi connectivity index (χ3v) is 5.19. The number of aromatic nitrogens is 2. The average molecular weight is 341 g/mol. The zero-order valence-corrected chi connectivity index (χ0v) is 14.7. The van der Waals surface area contributed by atoms with Crippen molar-refractivity contribution in [3.63, 3.8) is 0 Å². The van der Waals surface area contributed by atoms with E-state index in [1.54, 1.807) is 0 Å². The summed E-state index contributed by atoms with van der Waals surface area (Å²) in [6.07, 6.45) is 4.71. The Balaban J connectivity index is 2.40. The third kappa shape index (κ3) is 2.72. The maximum absolute atomic E-state index is 12.5. The molecule has 2 unspecified atom stereocenters. The molecule has 112 valence electrons. The van der Waals surface area contributed by atoms with Gasteiger partial charge in [-0.25, -0.2) is 0 Å². The van der Waals surface area contributed by atoms with Gasteiger partial charge in [0.1, 0.15) is 5.78 Å². The number of nitrogens with zero attached hydrogens (tertiary/aromatic N) is 2. The number of ketones is 1. The van der Waals surface area contributed by atoms with Crippen molar-refractivity contribution < 1.29 is 4.79 Å². The number of hydrogen-bond acceptors (Lipinski definition) is 2. The number of Topliss-reactive ketones (excluding diaryl/α,β-unsaturated/α-hetero) is 1. The highest BCUT2D eigenvalue weighted by Crippen LogP contribution is 2.43. The SMILES string of the molecule is CC1CCC(C(C)(C)c2c(Br)cnn2C(C)C)C(=O)C1. The summed E-state index contributed by atoms with van der Waals surface area (Å²) in [5, 5.41) is 4.47. The Hall–Kier alpha value is -0.640. The minimum absolute atomic E-state index is 0.101. The second-order valence-electron chi connectivity index (χ2n) is 7.01. The number of carbonyl (C=O) groups excluding carboxylic acids is 1. The fourth-order valence-electron chi connectivity index (χ4n) is 3.46. The molecular weight excluding hydrogens is 316 g/mol. The van der Waals surface area contributed by atoms with Crippen molar-refractivity contribution in [2.24, 2.45) is 11.8 Å². The molecule has 0 saturated heterocycles. The van der Waals surface area contributed by atoms with E-state index in [1.807, 2.05) is 6.20 Å². The molecule has 0 aliphatic heterocycles. The van der Waals surface area contributed by atoms with Crippen LogP contribution in [0.4, 0.5) is 0 Å². The molecule has 1 aromatic rings. The molecular formula is C16H25BrN2O. The van der Waals surface area contributed by atoms with Crippen LogP contribution in [0.15, 0.2) is 10.7 Å². The standard InChI is InChI=1S/C16H25BrN2O/c1-10(2)19-15(13(17)9-18-19)16(4,5)12-7-6-11(3)8-14(12)20/h9-12H,6-8H2,1-5H3. The van der Waals surface area contributed by atoms with E-state index < -0.39 is 0 Å². The third-order valence-electron chi connectivity index (χ3n) is 4.61. The molecule has 4 heteroatoms. The molecule has 1 aromatic heterocycles. The van der Waals surface area contributed by atoms with E-state index >= 15 is 0 Å². The van der Waals surface area contributed by atoms with Gasteiger partial charge in [-0.2, -0.15) is 5.10 Å². The van der Waals surface area contributed by atoms with Crippen LogP contribution in [-0.4, -0.2) is 15.6 Å². The molecule has 3 nitrogen and oxygen atoms in total. The Morgan fingerprint density at radius 1 is 1.40 bits per heavy atom. The highest BCUT2D eigenvalue weighted by molar-refractivity contribution is 9.10. The minimum atomic E-state index is -0.184. The van der Waals surface area contributed by atoms with Crippen LogP contribution < -0.4 is 0 Å². The van der Waals surface area contributed by atoms with E-state index in [0.29, 0.717) is 17.7 Å². The van der Waals surface area contributed by atoms with Gasteiger partial charge in [-0.1, -0.05) is 20.8 Å². The monoisotopic (exact) mass is 340 g/mol. The van der Waals surface area contributed by atoms with Crippen LogP contribution in [0.5, 0.6) is 0 Å². The van der Waals surface area contributed by atoms with Crippen LogP contribution in [0.1, 0.15) is 65.6 Å². The Labute approximate surface area is 130 Å². The summed E-state index contributed by atoms with van der Waals surface area (Å²) in [6.45, 7) is 10.8. The van der Waals surface area contributed by atoms with Gasteiger partial charge >= 0.3 is 0 Å². The van der Waals surface area contributed by atoms with Gasteiger partial charge < -0.3 is 0 Å². The van der Waals surface area contributed by atoms with Crippen molar-refractivity contribution in [1.82, 2.24) is 9.78 Å². The first-order chi connectivity index (χ1) is 9.25. The summed E-state index contributed by atoms with van der Waals surface area (Å²) in [4.78, 5) is 12.5. The quantitative estimate of drug-likeness (QED) is 0.811. The van der Waals surface area contributed by atoms with Gasteiger partial charge in [-0.05, 0) is 48.5 Å². The van der Waals surface area contributed by atoms with Crippen molar-refractivity contribution >= 4 is 21.7 Å². The lowest BCUT2D eigenvalue weighted by molar-refractivity contribution is -0.128. The first-order valence-corrected chi connectivity index (χ1v) is 8.30. The van der Waals surface area contributed by atoms with Crippen molar-refractivity contribution in [2.45, 2.75) is 65.3 Å². The average Bonchev–Trinajstić information content (AvgIpc) is 2.71. The fourth-order valence-corrected chi connectivity index (χ4v) is 4.25. The Kier molecular flexibility index (Phi) is 4.43. The van der Waals surface area contributed by atoms with E-state index in [1.165, 1.54) is 0 Å². The largest absolute Gasteiger partial charge is 0.299 e. The highest BCUT2D eigenvalue weighted by Gasteiger charge is 2.42. The molecule has 1 aliphatic carbocycles. The van der Waals surface area contributed by atoms with Crippen molar-refractivity contribution in [1.29, 1.82) is 0 Å². The van der Waals surface area contributed by atoms with Crippen LogP contribution in [0.3, 0.4) is 0 Å². The predicted molar refractivity (Wildman–Crippen MR) is 84.9 cm³/mol. The molecule has 2 rings (SSSR count). The highest BCUT2D eigenvalue weighted by atomic mass is 79.9. The van der Waals surface area contributed by atoms with Crippen molar-refractivity contribution in [3.8, 4) is 0 Å². The molecule has 0 spiro atoms. The molecule has 1 aliphatic rings. The van der Waals surface area contributed by atoms with Crippen LogP contribution in [-0.2, 0) is 10.2 Å². The molecule has 2 atom stereocenters. The maximum atomic E-state index is 12.5. The Morgan fingerprint density at radius 2 is 2.05 bits per heavy atom. The molecule has 1 heterocycles. The van der Waals surface area contributed by atoms with E-state index in [0.717, 1.165) is 29.4 Å². The fraction of sp³-hybridized carbons (Fsp3) is 0.750. The first kappa shape index (κ1) is 15.7. The van der Waals surface area contributed by atoms with E-state index in [2.05, 4.69) is 60.3 Å². The lowest BCUT2D eigenvalue weighted by Crippen LogP contribution is -2.40. The number of rotatable bonds is 3. The summed E-state index contributed by atoms with van der Waals surface area (Å²) >= 11 is 3.63. The second kappa shape index (κ2) is 5.63. The van der Waals surface area contributed by atoms with Crippen LogP contribution in [0.25, 0.3) is 0 Å². The normalized spacial score (nSPS) is 24.4. The predicted octanol–water partition coefficient (Wildman–Crippen LogP) is 4.51. The van der Waals surface area contributed by atoms with Crippen LogP contribution in [0, 0.1) is 11.8 Å². The number of carbonyl (C=O) groups is 1. The van der Waals surface area contributed by atoms with Gasteiger partial charge in [0.05, 0.1) is 16.4 Å². The van der Waals surface area contributed by atoms with Gasteiger partial charge in [0.15, 0.2) is 0 Å². The van der Waals surface area contributed by atoms with Gasteiger partial charge in [0.25, 0.3) is 0 Å². The van der Waals surface area contributed by atoms with Gasteiger partial charge in [-0.15, -0.1) is 0 Å². The molecule has 1 fully saturated rings. The van der Waals surface area contributed by atoms with E-state index in [9.17, 15) is 4.79 Å². The van der Waals surface area contributed by atoms with Crippen LogP contribution >= 0.6 is 15.9 Å². The maximum Gasteiger partial charge on any atom is 0.137 e. The lowest BCUT2D eigenvalue weighted by atomic mass is 9.66. The summed E-state index contributed by atoms with van der Waals surface area (Å²) in [6, 6.07) is 0.299. The number of hydrogen-bond donors (Lipinski definition) is 0. The summed E-state index contributed by atoms with van der Waals surface area (Å²) < 4.78 is 3.07. The molecule has 0 bridgehead atoms. The first-order valence-electron chi connectivity index (χ1n) is 7.51. The summed E-state index contributed by atoms with van der Waals surface area (Å²) in [5.41, 5.74) is 0.969. The minimum Gasteiger partial charge on any atom is -0.299 e. The lowest BCUT2D eigenvalue weighted by Gasteiger charge is -2.38. The smallest absolute Gasteiger partial charge is 0.137 e. The van der Waals surface area contributed by atoms with Gasteiger partial charge in [0, 0.05) is 23.8 Å². The van der Waals surface area contributed by atoms with Gasteiger partial charge in [0.2, 0.25) is 0 Å². The molecule has 0 N–H and O–H groups in total. The molecule has 1 saturated carbocycles. The molecule has 0 amide bonds. The molecule has 20 heavy (non-hydrogen) atoms. The van der Waals surface area contributed by atoms with E-state index in [4.69, 9.17) is 0 Å². The topological polar surface area (TPSA) is 34.9 Å².